The molecule has 2 N–H and O–H groups in total. The molecule has 0 atom stereocenters. The molecule has 0 saturated carbocycles. The highest BCUT2D eigenvalue weighted by Crippen LogP contribution is 2.15. The molecule has 0 radical (unpaired) electrons. The van der Waals surface area contributed by atoms with Crippen molar-refractivity contribution in [1.29, 1.82) is 0 Å². The first-order chi connectivity index (χ1) is 10.6. The maximum atomic E-state index is 12.2. The number of aromatic nitrogens is 4. The van der Waals surface area contributed by atoms with Crippen LogP contribution in [-0.4, -0.2) is 25.7 Å². The lowest BCUT2D eigenvalue weighted by Gasteiger charge is -2.08. The molecule has 0 saturated heterocycles. The van der Waals surface area contributed by atoms with E-state index in [9.17, 15) is 9.59 Å². The predicted molar refractivity (Wildman–Crippen MR) is 81.1 cm³/mol. The summed E-state index contributed by atoms with van der Waals surface area (Å²) >= 11 is 0. The van der Waals surface area contributed by atoms with E-state index in [4.69, 9.17) is 0 Å². The fourth-order valence-corrected chi connectivity index (χ4v) is 2.09. The first-order valence-corrected chi connectivity index (χ1v) is 6.59. The van der Waals surface area contributed by atoms with E-state index in [2.05, 4.69) is 20.4 Å². The van der Waals surface area contributed by atoms with Crippen molar-refractivity contribution in [2.24, 2.45) is 0 Å². The van der Waals surface area contributed by atoms with Crippen LogP contribution in [0.2, 0.25) is 0 Å². The van der Waals surface area contributed by atoms with Crippen molar-refractivity contribution in [3.63, 3.8) is 0 Å². The Morgan fingerprint density at radius 2 is 2.18 bits per heavy atom. The van der Waals surface area contributed by atoms with Gasteiger partial charge >= 0.3 is 0 Å². The summed E-state index contributed by atoms with van der Waals surface area (Å²) in [5.41, 5.74) is 2.14. The summed E-state index contributed by atoms with van der Waals surface area (Å²) in [4.78, 5) is 30.5. The summed E-state index contributed by atoms with van der Waals surface area (Å²) in [6.45, 7) is 1.88. The molecule has 3 aromatic rings. The quantitative estimate of drug-likeness (QED) is 0.766. The van der Waals surface area contributed by atoms with Gasteiger partial charge in [0, 0.05) is 24.0 Å². The molecule has 2 aromatic heterocycles. The molecule has 0 aliphatic rings. The summed E-state index contributed by atoms with van der Waals surface area (Å²) in [6.07, 6.45) is 6.00. The minimum atomic E-state index is -0.343. The SMILES string of the molecule is Cc1cc(C(=O)Nc2c[nH]ccc2=O)ccc1-n1cncn1. The number of anilines is 1. The first-order valence-electron chi connectivity index (χ1n) is 6.59. The van der Waals surface area contributed by atoms with Crippen LogP contribution in [-0.2, 0) is 0 Å². The number of nitrogens with one attached hydrogen (secondary N) is 2. The van der Waals surface area contributed by atoms with Crippen molar-refractivity contribution < 1.29 is 4.79 Å². The first kappa shape index (κ1) is 13.7. The Morgan fingerprint density at radius 1 is 1.32 bits per heavy atom. The van der Waals surface area contributed by atoms with Gasteiger partial charge in [-0.1, -0.05) is 0 Å². The monoisotopic (exact) mass is 295 g/mol. The van der Waals surface area contributed by atoms with Gasteiger partial charge in [-0.05, 0) is 30.7 Å². The average Bonchev–Trinajstić information content (AvgIpc) is 3.03. The van der Waals surface area contributed by atoms with Crippen LogP contribution in [0.1, 0.15) is 15.9 Å². The molecule has 2 heterocycles. The van der Waals surface area contributed by atoms with Gasteiger partial charge < -0.3 is 10.3 Å². The highest BCUT2D eigenvalue weighted by atomic mass is 16.2. The number of rotatable bonds is 3. The second-order valence-electron chi connectivity index (χ2n) is 4.72. The third-order valence-corrected chi connectivity index (χ3v) is 3.20. The normalized spacial score (nSPS) is 10.4. The molecule has 7 nitrogen and oxygen atoms in total. The lowest BCUT2D eigenvalue weighted by Crippen LogP contribution is -2.18. The van der Waals surface area contributed by atoms with Crippen molar-refractivity contribution in [1.82, 2.24) is 19.7 Å². The third kappa shape index (κ3) is 2.64. The largest absolute Gasteiger partial charge is 0.366 e. The number of H-pyrrole nitrogens is 1. The second-order valence-corrected chi connectivity index (χ2v) is 4.72. The van der Waals surface area contributed by atoms with Crippen LogP contribution in [0.4, 0.5) is 5.69 Å². The molecule has 0 spiro atoms. The predicted octanol–water partition coefficient (Wildman–Crippen LogP) is 1.52. The van der Waals surface area contributed by atoms with Gasteiger partial charge in [-0.3, -0.25) is 9.59 Å². The maximum Gasteiger partial charge on any atom is 0.255 e. The van der Waals surface area contributed by atoms with Gasteiger partial charge in [0.25, 0.3) is 5.91 Å². The fraction of sp³-hybridized carbons (Fsp3) is 0.0667. The van der Waals surface area contributed by atoms with Crippen molar-refractivity contribution >= 4 is 11.6 Å². The maximum absolute atomic E-state index is 12.2. The van der Waals surface area contributed by atoms with Gasteiger partial charge in [-0.15, -0.1) is 0 Å². The van der Waals surface area contributed by atoms with E-state index in [-0.39, 0.29) is 17.0 Å². The summed E-state index contributed by atoms with van der Waals surface area (Å²) in [5, 5.41) is 6.65. The molecule has 0 aliphatic carbocycles. The molecule has 22 heavy (non-hydrogen) atoms. The summed E-state index contributed by atoms with van der Waals surface area (Å²) < 4.78 is 1.62. The lowest BCUT2D eigenvalue weighted by atomic mass is 10.1. The molecule has 110 valence electrons. The number of pyridine rings is 1. The van der Waals surface area contributed by atoms with Crippen LogP contribution in [0.25, 0.3) is 5.69 Å². The van der Waals surface area contributed by atoms with Crippen LogP contribution >= 0.6 is 0 Å². The number of carbonyl (C=O) groups is 1. The summed E-state index contributed by atoms with van der Waals surface area (Å²) in [5.74, 6) is -0.343. The highest BCUT2D eigenvalue weighted by molar-refractivity contribution is 6.04. The molecule has 7 heteroatoms. The van der Waals surface area contributed by atoms with Gasteiger partial charge in [-0.25, -0.2) is 9.67 Å². The molecule has 0 bridgehead atoms. The third-order valence-electron chi connectivity index (χ3n) is 3.20. The van der Waals surface area contributed by atoms with Gasteiger partial charge in [0.15, 0.2) is 0 Å². The van der Waals surface area contributed by atoms with E-state index in [1.807, 2.05) is 6.92 Å². The van der Waals surface area contributed by atoms with Crippen LogP contribution in [0.15, 0.2) is 54.1 Å². The highest BCUT2D eigenvalue weighted by Gasteiger charge is 2.10. The van der Waals surface area contributed by atoms with Crippen LogP contribution in [0, 0.1) is 6.92 Å². The van der Waals surface area contributed by atoms with Crippen LogP contribution in [0.5, 0.6) is 0 Å². The number of aromatic amines is 1. The summed E-state index contributed by atoms with van der Waals surface area (Å²) in [6, 6.07) is 6.56. The number of amides is 1. The Kier molecular flexibility index (Phi) is 3.53. The zero-order chi connectivity index (χ0) is 15.5. The molecule has 0 fully saturated rings. The zero-order valence-corrected chi connectivity index (χ0v) is 11.8. The Hall–Kier alpha value is -3.22. The van der Waals surface area contributed by atoms with E-state index in [0.717, 1.165) is 11.3 Å². The van der Waals surface area contributed by atoms with Crippen LogP contribution < -0.4 is 10.7 Å². The average molecular weight is 295 g/mol. The molecular weight excluding hydrogens is 282 g/mol. The molecule has 0 aliphatic heterocycles. The van der Waals surface area contributed by atoms with Gasteiger partial charge in [-0.2, -0.15) is 5.10 Å². The number of nitrogens with zero attached hydrogens (tertiary/aromatic N) is 3. The molecular formula is C15H13N5O2. The number of hydrogen-bond donors (Lipinski definition) is 2. The zero-order valence-electron chi connectivity index (χ0n) is 11.8. The molecule has 0 unspecified atom stereocenters. The molecule has 1 aromatic carbocycles. The lowest BCUT2D eigenvalue weighted by molar-refractivity contribution is 0.102. The van der Waals surface area contributed by atoms with Crippen molar-refractivity contribution in [2.75, 3.05) is 5.32 Å². The minimum absolute atomic E-state index is 0.213. The van der Waals surface area contributed by atoms with Crippen LogP contribution in [0.3, 0.4) is 0 Å². The van der Waals surface area contributed by atoms with Gasteiger partial charge in [0.2, 0.25) is 5.43 Å². The van der Waals surface area contributed by atoms with Crippen molar-refractivity contribution in [3.8, 4) is 5.69 Å². The fourth-order valence-electron chi connectivity index (χ4n) is 2.09. The second kappa shape index (κ2) is 5.65. The number of benzene rings is 1. The van der Waals surface area contributed by atoms with Gasteiger partial charge in [0.05, 0.1) is 5.69 Å². The van der Waals surface area contributed by atoms with Crippen molar-refractivity contribution in [3.05, 3.63) is 70.7 Å². The Morgan fingerprint density at radius 3 is 2.86 bits per heavy atom. The van der Waals surface area contributed by atoms with E-state index >= 15 is 0 Å². The standard InChI is InChI=1S/C15H13N5O2/c1-10-6-11(2-3-13(10)20-9-17-8-18-20)15(22)19-12-7-16-5-4-14(12)21/h2-9H,1H3,(H,16,21)(H,19,22). The van der Waals surface area contributed by atoms with E-state index in [1.165, 1.54) is 24.8 Å². The smallest absolute Gasteiger partial charge is 0.255 e. The van der Waals surface area contributed by atoms with Crippen molar-refractivity contribution in [2.45, 2.75) is 6.92 Å². The van der Waals surface area contributed by atoms with E-state index < -0.39 is 0 Å². The minimum Gasteiger partial charge on any atom is -0.366 e. The Balaban J connectivity index is 1.86. The number of carbonyl (C=O) groups excluding carboxylic acids is 1. The Labute approximate surface area is 125 Å². The number of aryl methyl sites for hydroxylation is 1. The molecule has 3 rings (SSSR count). The summed E-state index contributed by atoms with van der Waals surface area (Å²) in [7, 11) is 0. The van der Waals surface area contributed by atoms with Gasteiger partial charge in [0.1, 0.15) is 18.3 Å². The van der Waals surface area contributed by atoms with E-state index in [0.29, 0.717) is 5.56 Å². The molecule has 1 amide bonds. The topological polar surface area (TPSA) is 92.7 Å². The Bertz CT molecular complexity index is 868. The van der Waals surface area contributed by atoms with E-state index in [1.54, 1.807) is 29.2 Å². The number of hydrogen-bond acceptors (Lipinski definition) is 4.